The maximum atomic E-state index is 12.4. The highest BCUT2D eigenvalue weighted by molar-refractivity contribution is 6.17. The van der Waals surface area contributed by atoms with Crippen molar-refractivity contribution in [1.29, 1.82) is 0 Å². The summed E-state index contributed by atoms with van der Waals surface area (Å²) >= 11 is 5.54. The fourth-order valence-electron chi connectivity index (χ4n) is 1.19. The highest BCUT2D eigenvalue weighted by Gasteiger charge is 2.16. The van der Waals surface area contributed by atoms with E-state index in [2.05, 4.69) is 4.98 Å². The van der Waals surface area contributed by atoms with Crippen molar-refractivity contribution in [2.45, 2.75) is 18.9 Å². The minimum atomic E-state index is -2.69. The number of hydrogen-bond donors (Lipinski definition) is 1. The molecule has 0 saturated carbocycles. The number of aliphatic hydroxyl groups excluding tert-OH is 1. The van der Waals surface area contributed by atoms with Gasteiger partial charge >= 0.3 is 0 Å². The number of hydrogen-bond acceptors (Lipinski definition) is 3. The summed E-state index contributed by atoms with van der Waals surface area (Å²) < 4.78 is 29.7. The van der Waals surface area contributed by atoms with Crippen molar-refractivity contribution in [3.05, 3.63) is 23.0 Å². The van der Waals surface area contributed by atoms with Gasteiger partial charge in [-0.3, -0.25) is 0 Å². The fourth-order valence-corrected chi connectivity index (χ4v) is 1.41. The molecule has 0 aliphatic carbocycles. The smallest absolute Gasteiger partial charge is 0.280 e. The Morgan fingerprint density at radius 3 is 2.67 bits per heavy atom. The first kappa shape index (κ1) is 12.1. The first-order chi connectivity index (χ1) is 7.13. The predicted molar refractivity (Wildman–Crippen MR) is 51.2 cm³/mol. The van der Waals surface area contributed by atoms with Gasteiger partial charge in [0.15, 0.2) is 0 Å². The molecular weight excluding hydrogens is 228 g/mol. The van der Waals surface area contributed by atoms with Crippen LogP contribution >= 0.6 is 11.6 Å². The van der Waals surface area contributed by atoms with E-state index in [1.165, 1.54) is 7.11 Å². The van der Waals surface area contributed by atoms with Crippen molar-refractivity contribution in [2.24, 2.45) is 0 Å². The van der Waals surface area contributed by atoms with Gasteiger partial charge in [-0.1, -0.05) is 0 Å². The Hall–Kier alpha value is -0.940. The van der Waals surface area contributed by atoms with Gasteiger partial charge in [0, 0.05) is 11.6 Å². The molecule has 0 spiro atoms. The molecule has 0 radical (unpaired) electrons. The number of rotatable bonds is 4. The highest BCUT2D eigenvalue weighted by atomic mass is 35.5. The van der Waals surface area contributed by atoms with Crippen molar-refractivity contribution < 1.29 is 18.6 Å². The largest absolute Gasteiger partial charge is 0.496 e. The van der Waals surface area contributed by atoms with Gasteiger partial charge in [-0.15, -0.1) is 11.6 Å². The molecule has 15 heavy (non-hydrogen) atoms. The Morgan fingerprint density at radius 1 is 1.60 bits per heavy atom. The highest BCUT2D eigenvalue weighted by Crippen LogP contribution is 2.28. The molecule has 6 heteroatoms. The molecular formula is C9H10ClF2NO2. The summed E-state index contributed by atoms with van der Waals surface area (Å²) in [6.45, 7) is -0.345. The van der Waals surface area contributed by atoms with Crippen LogP contribution in [-0.4, -0.2) is 17.2 Å². The average Bonchev–Trinajstić information content (AvgIpc) is 2.26. The van der Waals surface area contributed by atoms with Gasteiger partial charge in [-0.2, -0.15) is 0 Å². The zero-order valence-electron chi connectivity index (χ0n) is 8.01. The third-order valence-corrected chi connectivity index (χ3v) is 2.17. The van der Waals surface area contributed by atoms with E-state index in [1.54, 1.807) is 0 Å². The summed E-state index contributed by atoms with van der Waals surface area (Å²) in [5, 5.41) is 9.02. The predicted octanol–water partition coefficient (Wildman–Crippen LogP) is 2.26. The molecule has 0 saturated heterocycles. The first-order valence-corrected chi connectivity index (χ1v) is 4.69. The van der Waals surface area contributed by atoms with Crippen LogP contribution in [-0.2, 0) is 12.5 Å². The van der Waals surface area contributed by atoms with Gasteiger partial charge in [0.05, 0.1) is 25.3 Å². The average molecular weight is 238 g/mol. The maximum absolute atomic E-state index is 12.4. The van der Waals surface area contributed by atoms with Crippen LogP contribution in [0.5, 0.6) is 5.75 Å². The molecule has 3 nitrogen and oxygen atoms in total. The normalized spacial score (nSPS) is 10.8. The van der Waals surface area contributed by atoms with Crippen LogP contribution in [0.4, 0.5) is 8.78 Å². The molecule has 0 aliphatic rings. The number of aromatic nitrogens is 1. The third-order valence-electron chi connectivity index (χ3n) is 1.92. The summed E-state index contributed by atoms with van der Waals surface area (Å²) in [5.41, 5.74) is 0.158. The van der Waals surface area contributed by atoms with E-state index >= 15 is 0 Å². The minimum Gasteiger partial charge on any atom is -0.496 e. The summed E-state index contributed by atoms with van der Waals surface area (Å²) in [7, 11) is 1.34. The van der Waals surface area contributed by atoms with Crippen LogP contribution in [0.2, 0.25) is 0 Å². The SMILES string of the molecule is COc1cc(C(F)F)nc(CCl)c1CO. The summed E-state index contributed by atoms with van der Waals surface area (Å²) in [6, 6.07) is 1.10. The lowest BCUT2D eigenvalue weighted by Crippen LogP contribution is -2.03. The molecule has 0 unspecified atom stereocenters. The van der Waals surface area contributed by atoms with E-state index in [0.717, 1.165) is 6.07 Å². The van der Waals surface area contributed by atoms with E-state index < -0.39 is 12.1 Å². The number of nitrogens with zero attached hydrogens (tertiary/aromatic N) is 1. The summed E-state index contributed by atoms with van der Waals surface area (Å²) in [4.78, 5) is 3.65. The molecule has 0 aliphatic heterocycles. The van der Waals surface area contributed by atoms with E-state index in [0.29, 0.717) is 5.56 Å². The number of ether oxygens (including phenoxy) is 1. The van der Waals surface area contributed by atoms with E-state index in [4.69, 9.17) is 21.4 Å². The van der Waals surface area contributed by atoms with Crippen molar-refractivity contribution in [1.82, 2.24) is 4.98 Å². The number of halogens is 3. The molecule has 0 atom stereocenters. The number of alkyl halides is 3. The first-order valence-electron chi connectivity index (χ1n) is 4.15. The van der Waals surface area contributed by atoms with Gasteiger partial charge < -0.3 is 9.84 Å². The van der Waals surface area contributed by atoms with E-state index in [9.17, 15) is 8.78 Å². The van der Waals surface area contributed by atoms with Crippen LogP contribution in [0.3, 0.4) is 0 Å². The Kier molecular flexibility index (Phi) is 4.23. The van der Waals surface area contributed by atoms with Crippen LogP contribution in [0.1, 0.15) is 23.4 Å². The Bertz CT molecular complexity index is 322. The molecule has 84 valence electrons. The van der Waals surface area contributed by atoms with Gasteiger partial charge in [-0.25, -0.2) is 13.8 Å². The number of aliphatic hydroxyl groups is 1. The lowest BCUT2D eigenvalue weighted by molar-refractivity contribution is 0.145. The molecule has 0 amide bonds. The van der Waals surface area contributed by atoms with Crippen molar-refractivity contribution in [3.8, 4) is 5.75 Å². The van der Waals surface area contributed by atoms with E-state index in [-0.39, 0.29) is 23.9 Å². The topological polar surface area (TPSA) is 42.4 Å². The van der Waals surface area contributed by atoms with Gasteiger partial charge in [-0.05, 0) is 0 Å². The lowest BCUT2D eigenvalue weighted by atomic mass is 10.1. The molecule has 1 heterocycles. The van der Waals surface area contributed by atoms with E-state index in [1.807, 2.05) is 0 Å². The van der Waals surface area contributed by atoms with Crippen LogP contribution in [0, 0.1) is 0 Å². The molecule has 0 aromatic carbocycles. The minimum absolute atomic E-state index is 0.0488. The lowest BCUT2D eigenvalue weighted by Gasteiger charge is -2.11. The Morgan fingerprint density at radius 2 is 2.27 bits per heavy atom. The standard InChI is InChI=1S/C9H10ClF2NO2/c1-15-8-2-6(9(11)12)13-7(3-10)5(8)4-14/h2,9,14H,3-4H2,1H3. The molecule has 1 aromatic rings. The summed E-state index contributed by atoms with van der Waals surface area (Å²) in [6.07, 6.45) is -2.69. The third kappa shape index (κ3) is 2.54. The van der Waals surface area contributed by atoms with Crippen molar-refractivity contribution >= 4 is 11.6 Å². The monoisotopic (exact) mass is 237 g/mol. The fraction of sp³-hybridized carbons (Fsp3) is 0.444. The quantitative estimate of drug-likeness (QED) is 0.817. The summed E-state index contributed by atoms with van der Waals surface area (Å²) in [5.74, 6) is 0.130. The zero-order valence-corrected chi connectivity index (χ0v) is 8.76. The second-order valence-corrected chi connectivity index (χ2v) is 3.03. The number of methoxy groups -OCH3 is 1. The molecule has 1 N–H and O–H groups in total. The van der Waals surface area contributed by atoms with Crippen LogP contribution in [0.15, 0.2) is 6.07 Å². The molecule has 1 aromatic heterocycles. The number of pyridine rings is 1. The molecule has 0 fully saturated rings. The molecule has 1 rings (SSSR count). The van der Waals surface area contributed by atoms with Gasteiger partial charge in [0.2, 0.25) is 0 Å². The second kappa shape index (κ2) is 5.23. The van der Waals surface area contributed by atoms with Gasteiger partial charge in [0.1, 0.15) is 11.4 Å². The Balaban J connectivity index is 3.29. The second-order valence-electron chi connectivity index (χ2n) is 2.77. The zero-order chi connectivity index (χ0) is 11.4. The molecule has 0 bridgehead atoms. The van der Waals surface area contributed by atoms with Gasteiger partial charge in [0.25, 0.3) is 6.43 Å². The maximum Gasteiger partial charge on any atom is 0.280 e. The van der Waals surface area contributed by atoms with Crippen molar-refractivity contribution in [2.75, 3.05) is 7.11 Å². The van der Waals surface area contributed by atoms with Crippen LogP contribution < -0.4 is 4.74 Å². The Labute approximate surface area is 90.7 Å². The van der Waals surface area contributed by atoms with Crippen LogP contribution in [0.25, 0.3) is 0 Å². The van der Waals surface area contributed by atoms with Crippen molar-refractivity contribution in [3.63, 3.8) is 0 Å².